The van der Waals surface area contributed by atoms with Gasteiger partial charge in [-0.15, -0.1) is 0 Å². The number of benzene rings is 2. The van der Waals surface area contributed by atoms with Gasteiger partial charge in [-0.1, -0.05) is 6.07 Å². The lowest BCUT2D eigenvalue weighted by Crippen LogP contribution is -2.13. The van der Waals surface area contributed by atoms with Crippen molar-refractivity contribution in [2.45, 2.75) is 20.1 Å². The Hall–Kier alpha value is -4.33. The van der Waals surface area contributed by atoms with Gasteiger partial charge in [0.1, 0.15) is 19.0 Å². The Morgan fingerprint density at radius 2 is 1.82 bits per heavy atom. The summed E-state index contributed by atoms with van der Waals surface area (Å²) in [4.78, 5) is 16.9. The largest absolute Gasteiger partial charge is 0.492 e. The molecule has 0 unspecified atom stereocenters. The highest BCUT2D eigenvalue weighted by Crippen LogP contribution is 2.30. The van der Waals surface area contributed by atoms with Crippen LogP contribution in [0.4, 0.5) is 5.69 Å². The van der Waals surface area contributed by atoms with Gasteiger partial charge in [0.15, 0.2) is 11.5 Å². The topological polar surface area (TPSA) is 87.5 Å². The zero-order valence-electron chi connectivity index (χ0n) is 18.9. The van der Waals surface area contributed by atoms with Crippen LogP contribution in [0.5, 0.6) is 17.2 Å². The van der Waals surface area contributed by atoms with Crippen LogP contribution in [0.25, 0.3) is 0 Å². The van der Waals surface area contributed by atoms with Gasteiger partial charge in [0.2, 0.25) is 0 Å². The van der Waals surface area contributed by atoms with Crippen LogP contribution in [-0.4, -0.2) is 33.9 Å². The first kappa shape index (κ1) is 22.8. The molecule has 0 radical (unpaired) electrons. The van der Waals surface area contributed by atoms with Gasteiger partial charge < -0.3 is 19.5 Å². The van der Waals surface area contributed by atoms with Gasteiger partial charge in [-0.05, 0) is 61.0 Å². The number of carbonyl (C=O) groups excluding carboxylic acids is 1. The van der Waals surface area contributed by atoms with Crippen LogP contribution < -0.4 is 19.5 Å². The molecule has 1 amide bonds. The molecule has 0 atom stereocenters. The summed E-state index contributed by atoms with van der Waals surface area (Å²) in [7, 11) is 0. The van der Waals surface area contributed by atoms with Crippen molar-refractivity contribution in [3.8, 4) is 17.2 Å². The highest BCUT2D eigenvalue weighted by molar-refractivity contribution is 6.04. The van der Waals surface area contributed by atoms with E-state index in [4.69, 9.17) is 14.2 Å². The molecule has 0 aliphatic heterocycles. The lowest BCUT2D eigenvalue weighted by molar-refractivity contribution is 0.102. The van der Waals surface area contributed by atoms with Crippen molar-refractivity contribution in [2.24, 2.45) is 0 Å². The lowest BCUT2D eigenvalue weighted by atomic mass is 10.1. The molecule has 2 aromatic carbocycles. The first-order chi connectivity index (χ1) is 16.7. The highest BCUT2D eigenvalue weighted by Gasteiger charge is 2.13. The molecular formula is C26H26N4O4. The number of aromatic nitrogens is 3. The van der Waals surface area contributed by atoms with E-state index in [0.29, 0.717) is 54.9 Å². The molecule has 4 aromatic rings. The number of hydrogen-bond acceptors (Lipinski definition) is 6. The van der Waals surface area contributed by atoms with Crippen molar-refractivity contribution >= 4 is 11.6 Å². The zero-order valence-corrected chi connectivity index (χ0v) is 18.9. The summed E-state index contributed by atoms with van der Waals surface area (Å²) in [5, 5.41) is 7.06. The fourth-order valence-electron chi connectivity index (χ4n) is 3.23. The van der Waals surface area contributed by atoms with Crippen molar-refractivity contribution in [1.82, 2.24) is 14.8 Å². The molecule has 8 heteroatoms. The van der Waals surface area contributed by atoms with E-state index in [9.17, 15) is 4.79 Å². The second-order valence-corrected chi connectivity index (χ2v) is 7.34. The molecule has 174 valence electrons. The van der Waals surface area contributed by atoms with E-state index >= 15 is 0 Å². The molecule has 0 saturated carbocycles. The third-order valence-corrected chi connectivity index (χ3v) is 4.89. The summed E-state index contributed by atoms with van der Waals surface area (Å²) in [5.74, 6) is 1.50. The summed E-state index contributed by atoms with van der Waals surface area (Å²) in [6, 6.07) is 18.1. The molecule has 34 heavy (non-hydrogen) atoms. The average Bonchev–Trinajstić information content (AvgIpc) is 3.38. The Bertz CT molecular complexity index is 1200. The fraction of sp³-hybridized carbons (Fsp3) is 0.192. The quantitative estimate of drug-likeness (QED) is 0.354. The van der Waals surface area contributed by atoms with Crippen LogP contribution >= 0.6 is 0 Å². The predicted molar refractivity (Wildman–Crippen MR) is 128 cm³/mol. The van der Waals surface area contributed by atoms with Gasteiger partial charge in [-0.25, -0.2) is 0 Å². The van der Waals surface area contributed by atoms with E-state index in [-0.39, 0.29) is 5.91 Å². The van der Waals surface area contributed by atoms with E-state index in [1.807, 2.05) is 49.5 Å². The molecule has 0 bridgehead atoms. The summed E-state index contributed by atoms with van der Waals surface area (Å²) < 4.78 is 19.2. The van der Waals surface area contributed by atoms with E-state index in [2.05, 4.69) is 15.4 Å². The molecule has 0 aliphatic carbocycles. The zero-order chi connectivity index (χ0) is 23.6. The number of amides is 1. The lowest BCUT2D eigenvalue weighted by Gasteiger charge is -2.14. The second kappa shape index (κ2) is 11.5. The predicted octanol–water partition coefficient (Wildman–Crippen LogP) is 4.59. The van der Waals surface area contributed by atoms with Crippen LogP contribution in [0.15, 0.2) is 85.5 Å². The number of rotatable bonds is 11. The monoisotopic (exact) mass is 458 g/mol. The first-order valence-corrected chi connectivity index (χ1v) is 11.0. The highest BCUT2D eigenvalue weighted by atomic mass is 16.5. The number of nitrogens with one attached hydrogen (secondary N) is 1. The van der Waals surface area contributed by atoms with Crippen molar-refractivity contribution in [1.29, 1.82) is 0 Å². The van der Waals surface area contributed by atoms with E-state index in [1.165, 1.54) is 0 Å². The van der Waals surface area contributed by atoms with E-state index in [1.54, 1.807) is 47.5 Å². The molecule has 8 nitrogen and oxygen atoms in total. The van der Waals surface area contributed by atoms with Crippen LogP contribution in [-0.2, 0) is 13.2 Å². The minimum absolute atomic E-state index is 0.254. The van der Waals surface area contributed by atoms with Crippen LogP contribution in [0.1, 0.15) is 22.8 Å². The normalized spacial score (nSPS) is 10.5. The average molecular weight is 459 g/mol. The van der Waals surface area contributed by atoms with Gasteiger partial charge in [0, 0.05) is 42.1 Å². The van der Waals surface area contributed by atoms with Gasteiger partial charge in [-0.3, -0.25) is 14.5 Å². The smallest absolute Gasteiger partial charge is 0.255 e. The van der Waals surface area contributed by atoms with Crippen molar-refractivity contribution in [3.63, 3.8) is 0 Å². The summed E-state index contributed by atoms with van der Waals surface area (Å²) in [6.07, 6.45) is 7.04. The molecule has 4 rings (SSSR count). The Labute approximate surface area is 198 Å². The number of hydrogen-bond donors (Lipinski definition) is 1. The number of anilines is 1. The van der Waals surface area contributed by atoms with E-state index in [0.717, 1.165) is 5.56 Å². The van der Waals surface area contributed by atoms with Crippen LogP contribution in [0, 0.1) is 0 Å². The molecule has 2 aromatic heterocycles. The minimum atomic E-state index is -0.254. The van der Waals surface area contributed by atoms with Crippen molar-refractivity contribution in [2.75, 3.05) is 18.5 Å². The summed E-state index contributed by atoms with van der Waals surface area (Å²) >= 11 is 0. The maximum absolute atomic E-state index is 12.9. The third-order valence-electron chi connectivity index (χ3n) is 4.89. The standard InChI is InChI=1S/C26H26N4O4/c1-2-32-25-17-21(7-8-24(25)34-19-20-9-12-27-13-10-20)26(31)29-22-5-3-6-23(18-22)33-16-15-30-14-4-11-28-30/h3-14,17-18H,2,15-16,19H2,1H3,(H,29,31). The molecule has 0 saturated heterocycles. The molecular weight excluding hydrogens is 432 g/mol. The summed E-state index contributed by atoms with van der Waals surface area (Å²) in [6.45, 7) is 3.82. The minimum Gasteiger partial charge on any atom is -0.492 e. The Morgan fingerprint density at radius 3 is 2.62 bits per heavy atom. The molecule has 0 fully saturated rings. The number of nitrogens with zero attached hydrogens (tertiary/aromatic N) is 3. The second-order valence-electron chi connectivity index (χ2n) is 7.34. The fourth-order valence-corrected chi connectivity index (χ4v) is 3.23. The number of pyridine rings is 1. The third kappa shape index (κ3) is 6.35. The molecule has 0 aliphatic rings. The Morgan fingerprint density at radius 1 is 0.941 bits per heavy atom. The Balaban J connectivity index is 1.38. The van der Waals surface area contributed by atoms with E-state index < -0.39 is 0 Å². The van der Waals surface area contributed by atoms with Gasteiger partial charge >= 0.3 is 0 Å². The Kier molecular flexibility index (Phi) is 7.74. The van der Waals surface area contributed by atoms with Crippen LogP contribution in [0.3, 0.4) is 0 Å². The van der Waals surface area contributed by atoms with Crippen molar-refractivity contribution in [3.05, 3.63) is 96.6 Å². The number of ether oxygens (including phenoxy) is 3. The molecule has 1 N–H and O–H groups in total. The maximum atomic E-state index is 12.9. The molecule has 0 spiro atoms. The van der Waals surface area contributed by atoms with Gasteiger partial charge in [-0.2, -0.15) is 5.10 Å². The van der Waals surface area contributed by atoms with Crippen molar-refractivity contribution < 1.29 is 19.0 Å². The van der Waals surface area contributed by atoms with Crippen LogP contribution in [0.2, 0.25) is 0 Å². The van der Waals surface area contributed by atoms with Gasteiger partial charge in [0.05, 0.1) is 13.2 Å². The molecule has 2 heterocycles. The first-order valence-electron chi connectivity index (χ1n) is 11.0. The van der Waals surface area contributed by atoms with Gasteiger partial charge in [0.25, 0.3) is 5.91 Å². The maximum Gasteiger partial charge on any atom is 0.255 e. The SMILES string of the molecule is CCOc1cc(C(=O)Nc2cccc(OCCn3cccn3)c2)ccc1OCc1ccncc1. The number of carbonyl (C=O) groups is 1. The summed E-state index contributed by atoms with van der Waals surface area (Å²) in [5.41, 5.74) is 2.09.